The van der Waals surface area contributed by atoms with Gasteiger partial charge in [-0.2, -0.15) is 4.79 Å². The van der Waals surface area contributed by atoms with E-state index in [4.69, 9.17) is 5.53 Å². The zero-order chi connectivity index (χ0) is 11.4. The normalized spacial score (nSPS) is 7.36. The van der Waals surface area contributed by atoms with Crippen molar-refractivity contribution < 1.29 is 23.9 Å². The van der Waals surface area contributed by atoms with Crippen LogP contribution in [0.3, 0.4) is 0 Å². The van der Waals surface area contributed by atoms with Gasteiger partial charge in [-0.15, -0.1) is 0 Å². The fourth-order valence-corrected chi connectivity index (χ4v) is 0.430. The number of carbonyl (C=O) groups is 2. The van der Waals surface area contributed by atoms with E-state index in [1.807, 2.05) is 0 Å². The van der Waals surface area contributed by atoms with Crippen LogP contribution < -0.4 is 0 Å². The number of hydrogen-bond acceptors (Lipinski definition) is 4. The average Bonchev–Trinajstić information content (AvgIpc) is 2.05. The molecule has 14 heavy (non-hydrogen) atoms. The monoisotopic (exact) mass is 202 g/mol. The summed E-state index contributed by atoms with van der Waals surface area (Å²) in [6.45, 7) is 5.62. The van der Waals surface area contributed by atoms with Crippen LogP contribution in [0, 0.1) is 0 Å². The summed E-state index contributed by atoms with van der Waals surface area (Å²) < 4.78 is 8.74. The first kappa shape index (κ1) is 14.8. The number of ether oxygens (including phenoxy) is 2. The predicted octanol–water partition coefficient (Wildman–Crippen LogP) is 0.419. The Hall–Kier alpha value is -1.68. The van der Waals surface area contributed by atoms with E-state index in [9.17, 15) is 9.59 Å². The van der Waals surface area contributed by atoms with Gasteiger partial charge in [-0.3, -0.25) is 4.79 Å². The molecule has 0 atom stereocenters. The van der Waals surface area contributed by atoms with Crippen molar-refractivity contribution in [3.05, 3.63) is 5.53 Å². The Bertz CT molecular complexity index is 221. The van der Waals surface area contributed by atoms with Gasteiger partial charge in [0.2, 0.25) is 0 Å². The lowest BCUT2D eigenvalue weighted by Gasteiger charge is -1.89. The average molecular weight is 202 g/mol. The standard InChI is InChI=1S/C4H6N2O2.C4H8O2/c1-2-8-4(7)3-6-5;1-3-6-4(2)5/h3H,2H2,1H3;3H2,1-2H3. The van der Waals surface area contributed by atoms with Crippen LogP contribution in [0.25, 0.3) is 5.53 Å². The van der Waals surface area contributed by atoms with Crippen molar-refractivity contribution in [2.45, 2.75) is 20.8 Å². The fourth-order valence-electron chi connectivity index (χ4n) is 0.430. The summed E-state index contributed by atoms with van der Waals surface area (Å²) in [5.41, 5.74) is 7.73. The Kier molecular flexibility index (Phi) is 12.0. The summed E-state index contributed by atoms with van der Waals surface area (Å²) in [5, 5.41) is 0. The van der Waals surface area contributed by atoms with Crippen molar-refractivity contribution in [3.8, 4) is 0 Å². The molecule has 0 aromatic heterocycles. The molecule has 0 fully saturated rings. The van der Waals surface area contributed by atoms with Gasteiger partial charge in [-0.05, 0) is 13.8 Å². The molecule has 0 amide bonds. The first-order valence-electron chi connectivity index (χ1n) is 4.05. The van der Waals surface area contributed by atoms with Gasteiger partial charge in [-0.1, -0.05) is 0 Å². The smallest absolute Gasteiger partial charge is 0.413 e. The summed E-state index contributed by atoms with van der Waals surface area (Å²) in [6, 6.07) is 0. The van der Waals surface area contributed by atoms with Crippen molar-refractivity contribution in [1.82, 2.24) is 0 Å². The van der Waals surface area contributed by atoms with E-state index < -0.39 is 5.97 Å². The third kappa shape index (κ3) is 16.7. The quantitative estimate of drug-likeness (QED) is 0.287. The molecule has 6 nitrogen and oxygen atoms in total. The van der Waals surface area contributed by atoms with Gasteiger partial charge < -0.3 is 15.0 Å². The molecule has 0 aromatic rings. The first-order chi connectivity index (χ1) is 6.58. The Balaban J connectivity index is 0. The van der Waals surface area contributed by atoms with Crippen LogP contribution in [-0.2, 0) is 19.1 Å². The van der Waals surface area contributed by atoms with E-state index in [1.54, 1.807) is 13.8 Å². The number of rotatable bonds is 3. The predicted molar refractivity (Wildman–Crippen MR) is 48.6 cm³/mol. The molecule has 0 saturated heterocycles. The van der Waals surface area contributed by atoms with Crippen LogP contribution >= 0.6 is 0 Å². The Morgan fingerprint density at radius 1 is 1.29 bits per heavy atom. The minimum absolute atomic E-state index is 0.211. The molecule has 0 aromatic carbocycles. The number of esters is 2. The van der Waals surface area contributed by atoms with Gasteiger partial charge in [0, 0.05) is 6.92 Å². The number of carbonyl (C=O) groups excluding carboxylic acids is 2. The fraction of sp³-hybridized carbons (Fsp3) is 0.625. The minimum Gasteiger partial charge on any atom is -0.466 e. The third-order valence-electron chi connectivity index (χ3n) is 0.797. The zero-order valence-corrected chi connectivity index (χ0v) is 8.52. The summed E-state index contributed by atoms with van der Waals surface area (Å²) in [6.07, 6.45) is 0.698. The molecule has 0 heterocycles. The molecular weight excluding hydrogens is 188 g/mol. The van der Waals surface area contributed by atoms with Gasteiger partial charge in [-0.25, -0.2) is 4.79 Å². The highest BCUT2D eigenvalue weighted by Crippen LogP contribution is 1.69. The number of hydrogen-bond donors (Lipinski definition) is 0. The maximum atomic E-state index is 10.1. The molecule has 6 heteroatoms. The van der Waals surface area contributed by atoms with E-state index in [1.165, 1.54) is 6.92 Å². The maximum Gasteiger partial charge on any atom is 0.413 e. The molecular formula is C8H14N2O4. The van der Waals surface area contributed by atoms with Crippen LogP contribution in [0.2, 0.25) is 0 Å². The topological polar surface area (TPSA) is 89.0 Å². The van der Waals surface area contributed by atoms with E-state index in [2.05, 4.69) is 14.3 Å². The maximum absolute atomic E-state index is 10.1. The largest absolute Gasteiger partial charge is 0.466 e. The molecule has 0 N–H and O–H groups in total. The van der Waals surface area contributed by atoms with Crippen LogP contribution in [0.1, 0.15) is 20.8 Å². The second kappa shape index (κ2) is 11.3. The molecule has 0 radical (unpaired) electrons. The van der Waals surface area contributed by atoms with Gasteiger partial charge >= 0.3 is 18.2 Å². The highest BCUT2D eigenvalue weighted by Gasteiger charge is 1.97. The lowest BCUT2D eigenvalue weighted by Crippen LogP contribution is -2.04. The Morgan fingerprint density at radius 3 is 2.00 bits per heavy atom. The lowest BCUT2D eigenvalue weighted by molar-refractivity contribution is -0.140. The first-order valence-corrected chi connectivity index (χ1v) is 4.05. The summed E-state index contributed by atoms with van der Waals surface area (Å²) >= 11 is 0. The van der Waals surface area contributed by atoms with Gasteiger partial charge in [0.25, 0.3) is 0 Å². The molecule has 0 spiro atoms. The Labute approximate surface area is 82.4 Å². The molecule has 0 rings (SSSR count). The van der Waals surface area contributed by atoms with Crippen molar-refractivity contribution in [3.63, 3.8) is 0 Å². The lowest BCUT2D eigenvalue weighted by atomic mass is 10.7. The van der Waals surface area contributed by atoms with Crippen molar-refractivity contribution >= 4 is 18.2 Å². The van der Waals surface area contributed by atoms with Gasteiger partial charge in [0.1, 0.15) is 0 Å². The molecule has 0 aliphatic heterocycles. The van der Waals surface area contributed by atoms with E-state index >= 15 is 0 Å². The molecule has 80 valence electrons. The van der Waals surface area contributed by atoms with Crippen molar-refractivity contribution in [2.75, 3.05) is 13.2 Å². The van der Waals surface area contributed by atoms with Crippen LogP contribution in [0.5, 0.6) is 0 Å². The minimum atomic E-state index is -0.630. The SMILES string of the molecule is CCOC(=O)C=[N+]=[N-].CCOC(C)=O. The van der Waals surface area contributed by atoms with Crippen LogP contribution in [0.15, 0.2) is 0 Å². The Morgan fingerprint density at radius 2 is 1.79 bits per heavy atom. The summed E-state index contributed by atoms with van der Waals surface area (Å²) in [5.74, 6) is -0.840. The van der Waals surface area contributed by atoms with E-state index in [0.29, 0.717) is 19.4 Å². The van der Waals surface area contributed by atoms with E-state index in [0.717, 1.165) is 0 Å². The van der Waals surface area contributed by atoms with Gasteiger partial charge in [0.15, 0.2) is 0 Å². The van der Waals surface area contributed by atoms with Crippen molar-refractivity contribution in [1.29, 1.82) is 0 Å². The second-order valence-corrected chi connectivity index (χ2v) is 1.92. The molecule has 0 saturated carbocycles. The highest BCUT2D eigenvalue weighted by molar-refractivity contribution is 6.20. The number of nitrogens with zero attached hydrogens (tertiary/aromatic N) is 2. The molecule has 0 bridgehead atoms. The molecule has 0 unspecified atom stereocenters. The van der Waals surface area contributed by atoms with Gasteiger partial charge in [0.05, 0.1) is 13.2 Å². The zero-order valence-electron chi connectivity index (χ0n) is 8.52. The highest BCUT2D eigenvalue weighted by atomic mass is 16.5. The van der Waals surface area contributed by atoms with Crippen molar-refractivity contribution in [2.24, 2.45) is 0 Å². The molecule has 0 aliphatic rings. The van der Waals surface area contributed by atoms with E-state index in [-0.39, 0.29) is 5.97 Å². The second-order valence-electron chi connectivity index (χ2n) is 1.92. The summed E-state index contributed by atoms with van der Waals surface area (Å²) in [7, 11) is 0. The summed E-state index contributed by atoms with van der Waals surface area (Å²) in [4.78, 5) is 22.4. The molecule has 0 aliphatic carbocycles. The van der Waals surface area contributed by atoms with Crippen LogP contribution in [0.4, 0.5) is 0 Å². The third-order valence-corrected chi connectivity index (χ3v) is 0.797. The van der Waals surface area contributed by atoms with Crippen LogP contribution in [-0.4, -0.2) is 36.2 Å².